The van der Waals surface area contributed by atoms with Gasteiger partial charge in [0.15, 0.2) is 0 Å². The lowest BCUT2D eigenvalue weighted by molar-refractivity contribution is -0.0102. The maximum absolute atomic E-state index is 5.53. The van der Waals surface area contributed by atoms with Crippen LogP contribution in [-0.4, -0.2) is 18.8 Å². The molecular weight excluding hydrogens is 266 g/mol. The van der Waals surface area contributed by atoms with Crippen LogP contribution in [0.2, 0.25) is 0 Å². The van der Waals surface area contributed by atoms with Crippen molar-refractivity contribution in [1.29, 1.82) is 0 Å². The molecular formula is C13H18BrNO. The summed E-state index contributed by atoms with van der Waals surface area (Å²) in [6, 6.07) is 9.10. The van der Waals surface area contributed by atoms with E-state index in [-0.39, 0.29) is 0 Å². The maximum atomic E-state index is 5.53. The predicted molar refractivity (Wildman–Crippen MR) is 69.4 cm³/mol. The van der Waals surface area contributed by atoms with Gasteiger partial charge in [-0.25, -0.2) is 0 Å². The summed E-state index contributed by atoms with van der Waals surface area (Å²) >= 11 is 3.44. The Bertz CT molecular complexity index is 319. The normalized spacial score (nSPS) is 24.1. The summed E-state index contributed by atoms with van der Waals surface area (Å²) in [6.07, 6.45) is 2.81. The Morgan fingerprint density at radius 1 is 1.31 bits per heavy atom. The molecule has 1 saturated carbocycles. The van der Waals surface area contributed by atoms with Crippen LogP contribution in [0.3, 0.4) is 0 Å². The zero-order chi connectivity index (χ0) is 11.4. The molecule has 1 aliphatic rings. The molecule has 0 heterocycles. The van der Waals surface area contributed by atoms with Crippen LogP contribution in [0.15, 0.2) is 28.7 Å². The molecule has 0 bridgehead atoms. The number of hydrogen-bond donors (Lipinski definition) is 1. The van der Waals surface area contributed by atoms with Gasteiger partial charge in [0.2, 0.25) is 0 Å². The molecule has 1 fully saturated rings. The number of ether oxygens (including phenoxy) is 1. The van der Waals surface area contributed by atoms with Gasteiger partial charge in [-0.05, 0) is 37.5 Å². The van der Waals surface area contributed by atoms with Gasteiger partial charge in [-0.2, -0.15) is 0 Å². The fourth-order valence-corrected chi connectivity index (χ4v) is 2.23. The van der Waals surface area contributed by atoms with E-state index >= 15 is 0 Å². The van der Waals surface area contributed by atoms with Crippen LogP contribution in [0, 0.1) is 0 Å². The molecule has 0 aliphatic heterocycles. The van der Waals surface area contributed by atoms with Crippen molar-refractivity contribution in [2.45, 2.75) is 38.5 Å². The first kappa shape index (κ1) is 12.1. The van der Waals surface area contributed by atoms with E-state index in [0.29, 0.717) is 12.1 Å². The van der Waals surface area contributed by atoms with Gasteiger partial charge < -0.3 is 10.1 Å². The highest BCUT2D eigenvalue weighted by atomic mass is 79.9. The molecule has 88 valence electrons. The van der Waals surface area contributed by atoms with E-state index in [2.05, 4.69) is 52.4 Å². The fourth-order valence-electron chi connectivity index (χ4n) is 1.97. The summed E-state index contributed by atoms with van der Waals surface area (Å²) in [5.41, 5.74) is 1.34. The van der Waals surface area contributed by atoms with Crippen molar-refractivity contribution in [2.75, 3.05) is 6.61 Å². The van der Waals surface area contributed by atoms with Crippen molar-refractivity contribution in [3.8, 4) is 0 Å². The SMILES string of the molecule is CCOC1CC(NCc2ccc(Br)cc2)C1. The van der Waals surface area contributed by atoms with Gasteiger partial charge in [0.25, 0.3) is 0 Å². The van der Waals surface area contributed by atoms with E-state index in [9.17, 15) is 0 Å². The zero-order valence-corrected chi connectivity index (χ0v) is 11.2. The Balaban J connectivity index is 1.67. The van der Waals surface area contributed by atoms with E-state index < -0.39 is 0 Å². The minimum absolute atomic E-state index is 0.493. The molecule has 0 amide bonds. The summed E-state index contributed by atoms with van der Waals surface area (Å²) in [5.74, 6) is 0. The monoisotopic (exact) mass is 283 g/mol. The van der Waals surface area contributed by atoms with Gasteiger partial charge in [0.1, 0.15) is 0 Å². The first-order valence-corrected chi connectivity index (χ1v) is 6.66. The lowest BCUT2D eigenvalue weighted by Crippen LogP contribution is -2.45. The Labute approximate surface area is 106 Å². The smallest absolute Gasteiger partial charge is 0.0604 e. The third kappa shape index (κ3) is 3.30. The van der Waals surface area contributed by atoms with Crippen molar-refractivity contribution in [2.24, 2.45) is 0 Å². The molecule has 1 N–H and O–H groups in total. The van der Waals surface area contributed by atoms with Crippen molar-refractivity contribution in [3.05, 3.63) is 34.3 Å². The molecule has 2 nitrogen and oxygen atoms in total. The Morgan fingerprint density at radius 3 is 2.62 bits per heavy atom. The van der Waals surface area contributed by atoms with Gasteiger partial charge in [0, 0.05) is 23.7 Å². The molecule has 1 aromatic carbocycles. The summed E-state index contributed by atoms with van der Waals surface area (Å²) < 4.78 is 6.67. The average Bonchev–Trinajstić information content (AvgIpc) is 2.24. The standard InChI is InChI=1S/C13H18BrNO/c1-2-16-13-7-12(8-13)15-9-10-3-5-11(14)6-4-10/h3-6,12-13,15H,2,7-9H2,1H3. The topological polar surface area (TPSA) is 21.3 Å². The third-order valence-electron chi connectivity index (χ3n) is 3.01. The summed E-state index contributed by atoms with van der Waals surface area (Å²) in [7, 11) is 0. The fraction of sp³-hybridized carbons (Fsp3) is 0.538. The average molecular weight is 284 g/mol. The van der Waals surface area contributed by atoms with E-state index in [0.717, 1.165) is 30.5 Å². The molecule has 3 heteroatoms. The van der Waals surface area contributed by atoms with E-state index in [4.69, 9.17) is 4.74 Å². The predicted octanol–water partition coefficient (Wildman–Crippen LogP) is 3.11. The molecule has 0 atom stereocenters. The Kier molecular flexibility index (Phi) is 4.38. The Hall–Kier alpha value is -0.380. The van der Waals surface area contributed by atoms with Crippen molar-refractivity contribution >= 4 is 15.9 Å². The van der Waals surface area contributed by atoms with Crippen LogP contribution in [0.1, 0.15) is 25.3 Å². The quantitative estimate of drug-likeness (QED) is 0.897. The summed E-state index contributed by atoms with van der Waals surface area (Å²) in [6.45, 7) is 3.85. The van der Waals surface area contributed by atoms with Crippen molar-refractivity contribution in [1.82, 2.24) is 5.32 Å². The highest BCUT2D eigenvalue weighted by Crippen LogP contribution is 2.23. The molecule has 0 spiro atoms. The van der Waals surface area contributed by atoms with Gasteiger partial charge in [-0.3, -0.25) is 0 Å². The van der Waals surface area contributed by atoms with Crippen LogP contribution < -0.4 is 5.32 Å². The zero-order valence-electron chi connectivity index (χ0n) is 9.58. The number of hydrogen-bond acceptors (Lipinski definition) is 2. The van der Waals surface area contributed by atoms with Gasteiger partial charge >= 0.3 is 0 Å². The van der Waals surface area contributed by atoms with E-state index in [1.54, 1.807) is 0 Å². The second kappa shape index (κ2) is 5.80. The van der Waals surface area contributed by atoms with Gasteiger partial charge in [-0.15, -0.1) is 0 Å². The maximum Gasteiger partial charge on any atom is 0.0604 e. The largest absolute Gasteiger partial charge is 0.378 e. The molecule has 1 aromatic rings. The molecule has 0 unspecified atom stereocenters. The highest BCUT2D eigenvalue weighted by Gasteiger charge is 2.28. The lowest BCUT2D eigenvalue weighted by atomic mass is 9.89. The first-order chi connectivity index (χ1) is 7.78. The van der Waals surface area contributed by atoms with Crippen LogP contribution in [0.4, 0.5) is 0 Å². The van der Waals surface area contributed by atoms with Crippen LogP contribution in [0.5, 0.6) is 0 Å². The molecule has 0 aromatic heterocycles. The second-order valence-electron chi connectivity index (χ2n) is 4.25. The minimum Gasteiger partial charge on any atom is -0.378 e. The second-order valence-corrected chi connectivity index (χ2v) is 5.17. The first-order valence-electron chi connectivity index (χ1n) is 5.87. The van der Waals surface area contributed by atoms with Gasteiger partial charge in [-0.1, -0.05) is 28.1 Å². The summed E-state index contributed by atoms with van der Waals surface area (Å²) in [4.78, 5) is 0. The molecule has 1 aliphatic carbocycles. The van der Waals surface area contributed by atoms with E-state index in [1.165, 1.54) is 5.56 Å². The van der Waals surface area contributed by atoms with Crippen molar-refractivity contribution < 1.29 is 4.74 Å². The van der Waals surface area contributed by atoms with Crippen LogP contribution >= 0.6 is 15.9 Å². The van der Waals surface area contributed by atoms with Crippen LogP contribution in [0.25, 0.3) is 0 Å². The molecule has 0 saturated heterocycles. The number of rotatable bonds is 5. The number of nitrogens with one attached hydrogen (secondary N) is 1. The van der Waals surface area contributed by atoms with E-state index in [1.807, 2.05) is 0 Å². The number of halogens is 1. The minimum atomic E-state index is 0.493. The highest BCUT2D eigenvalue weighted by molar-refractivity contribution is 9.10. The third-order valence-corrected chi connectivity index (χ3v) is 3.53. The Morgan fingerprint density at radius 2 is 2.00 bits per heavy atom. The van der Waals surface area contributed by atoms with Crippen molar-refractivity contribution in [3.63, 3.8) is 0 Å². The van der Waals surface area contributed by atoms with Crippen LogP contribution in [-0.2, 0) is 11.3 Å². The summed E-state index contributed by atoms with van der Waals surface area (Å²) in [5, 5.41) is 3.55. The molecule has 0 radical (unpaired) electrons. The number of benzene rings is 1. The lowest BCUT2D eigenvalue weighted by Gasteiger charge is -2.35. The van der Waals surface area contributed by atoms with Gasteiger partial charge in [0.05, 0.1) is 6.10 Å². The molecule has 2 rings (SSSR count). The molecule has 16 heavy (non-hydrogen) atoms.